The predicted octanol–water partition coefficient (Wildman–Crippen LogP) is 0.387. The number of aliphatic carboxylic acids is 1. The molecule has 0 aliphatic carbocycles. The van der Waals surface area contributed by atoms with Gasteiger partial charge < -0.3 is 15.7 Å². The van der Waals surface area contributed by atoms with Gasteiger partial charge in [-0.2, -0.15) is 10.2 Å². The van der Waals surface area contributed by atoms with E-state index in [1.807, 2.05) is 0 Å². The molecule has 1 aromatic rings. The Morgan fingerprint density at radius 3 is 2.67 bits per heavy atom. The highest BCUT2D eigenvalue weighted by molar-refractivity contribution is 5.77. The van der Waals surface area contributed by atoms with Crippen LogP contribution in [0.2, 0.25) is 0 Å². The summed E-state index contributed by atoms with van der Waals surface area (Å²) in [6, 6.07) is 3.01. The molecule has 0 atom stereocenters. The van der Waals surface area contributed by atoms with Crippen LogP contribution in [0.3, 0.4) is 0 Å². The lowest BCUT2D eigenvalue weighted by atomic mass is 9.94. The Labute approximate surface area is 105 Å². The minimum atomic E-state index is -0.996. The molecule has 0 aromatic carbocycles. The first-order valence-corrected chi connectivity index (χ1v) is 5.43. The molecule has 18 heavy (non-hydrogen) atoms. The third-order valence-electron chi connectivity index (χ3n) is 2.33. The molecule has 0 bridgehead atoms. The van der Waals surface area contributed by atoms with E-state index in [4.69, 9.17) is 5.11 Å². The number of carboxylic acid groups (broad SMARTS) is 1. The molecule has 98 valence electrons. The van der Waals surface area contributed by atoms with Gasteiger partial charge in [0.2, 0.25) is 0 Å². The lowest BCUT2D eigenvalue weighted by Gasteiger charge is -2.19. The first-order chi connectivity index (χ1) is 8.42. The molecule has 0 saturated carbocycles. The van der Waals surface area contributed by atoms with Crippen molar-refractivity contribution >= 4 is 12.0 Å². The van der Waals surface area contributed by atoms with Gasteiger partial charge >= 0.3 is 12.0 Å². The third kappa shape index (κ3) is 4.36. The second-order valence-corrected chi connectivity index (χ2v) is 4.44. The van der Waals surface area contributed by atoms with Crippen molar-refractivity contribution in [1.82, 2.24) is 20.8 Å². The molecule has 1 aromatic heterocycles. The van der Waals surface area contributed by atoms with Crippen molar-refractivity contribution in [2.45, 2.75) is 20.4 Å². The molecule has 1 rings (SSSR count). The average molecular weight is 252 g/mol. The predicted molar refractivity (Wildman–Crippen MR) is 63.7 cm³/mol. The Balaban J connectivity index is 2.33. The SMILES string of the molecule is CC(C)(CNC(=O)NCc1cccnn1)C(=O)O. The van der Waals surface area contributed by atoms with Gasteiger partial charge in [0.15, 0.2) is 0 Å². The Bertz CT molecular complexity index is 420. The molecule has 2 amide bonds. The molecule has 0 aliphatic heterocycles. The third-order valence-corrected chi connectivity index (χ3v) is 2.33. The van der Waals surface area contributed by atoms with Crippen molar-refractivity contribution in [2.75, 3.05) is 6.54 Å². The molecule has 7 heteroatoms. The number of hydrogen-bond donors (Lipinski definition) is 3. The summed E-state index contributed by atoms with van der Waals surface area (Å²) in [5, 5.41) is 21.4. The zero-order chi connectivity index (χ0) is 13.6. The summed E-state index contributed by atoms with van der Waals surface area (Å²) in [7, 11) is 0. The smallest absolute Gasteiger partial charge is 0.315 e. The van der Waals surface area contributed by atoms with Crippen molar-refractivity contribution in [1.29, 1.82) is 0 Å². The standard InChI is InChI=1S/C11H16N4O3/c1-11(2,9(16)17)7-13-10(18)12-6-8-4-3-5-14-15-8/h3-5H,6-7H2,1-2H3,(H,16,17)(H2,12,13,18). The summed E-state index contributed by atoms with van der Waals surface area (Å²) >= 11 is 0. The lowest BCUT2D eigenvalue weighted by molar-refractivity contribution is -0.146. The fourth-order valence-electron chi connectivity index (χ4n) is 1.04. The summed E-state index contributed by atoms with van der Waals surface area (Å²) in [4.78, 5) is 22.2. The number of carbonyl (C=O) groups is 2. The average Bonchev–Trinajstić information content (AvgIpc) is 2.35. The molecule has 7 nitrogen and oxygen atoms in total. The number of amides is 2. The number of carboxylic acids is 1. The van der Waals surface area contributed by atoms with Crippen LogP contribution in [-0.2, 0) is 11.3 Å². The van der Waals surface area contributed by atoms with Crippen LogP contribution in [0.25, 0.3) is 0 Å². The van der Waals surface area contributed by atoms with E-state index in [0.717, 1.165) is 0 Å². The second kappa shape index (κ2) is 5.95. The number of carbonyl (C=O) groups excluding carboxylic acids is 1. The van der Waals surface area contributed by atoms with Crippen molar-refractivity contribution in [3.8, 4) is 0 Å². The van der Waals surface area contributed by atoms with E-state index in [1.165, 1.54) is 13.8 Å². The van der Waals surface area contributed by atoms with Gasteiger partial charge in [-0.1, -0.05) is 0 Å². The Morgan fingerprint density at radius 2 is 2.11 bits per heavy atom. The van der Waals surface area contributed by atoms with Crippen LogP contribution < -0.4 is 10.6 Å². The Morgan fingerprint density at radius 1 is 1.39 bits per heavy atom. The van der Waals surface area contributed by atoms with Crippen LogP contribution in [0, 0.1) is 5.41 Å². The lowest BCUT2D eigenvalue weighted by Crippen LogP contribution is -2.43. The van der Waals surface area contributed by atoms with E-state index >= 15 is 0 Å². The molecule has 0 fully saturated rings. The van der Waals surface area contributed by atoms with Gasteiger partial charge in [-0.3, -0.25) is 4.79 Å². The summed E-state index contributed by atoms with van der Waals surface area (Å²) in [5.74, 6) is -0.961. The fourth-order valence-corrected chi connectivity index (χ4v) is 1.04. The van der Waals surface area contributed by atoms with E-state index in [0.29, 0.717) is 5.69 Å². The van der Waals surface area contributed by atoms with E-state index in [2.05, 4.69) is 20.8 Å². The van der Waals surface area contributed by atoms with Crippen LogP contribution >= 0.6 is 0 Å². The van der Waals surface area contributed by atoms with Crippen LogP contribution in [-0.4, -0.2) is 33.8 Å². The fraction of sp³-hybridized carbons (Fsp3) is 0.455. The highest BCUT2D eigenvalue weighted by Gasteiger charge is 2.27. The van der Waals surface area contributed by atoms with Gasteiger partial charge in [-0.25, -0.2) is 4.79 Å². The van der Waals surface area contributed by atoms with Gasteiger partial charge in [0.05, 0.1) is 17.7 Å². The van der Waals surface area contributed by atoms with Crippen LogP contribution in [0.4, 0.5) is 4.79 Å². The zero-order valence-corrected chi connectivity index (χ0v) is 10.3. The minimum Gasteiger partial charge on any atom is -0.481 e. The molecule has 0 radical (unpaired) electrons. The number of urea groups is 1. The van der Waals surface area contributed by atoms with Crippen molar-refractivity contribution < 1.29 is 14.7 Å². The highest BCUT2D eigenvalue weighted by Crippen LogP contribution is 2.12. The van der Waals surface area contributed by atoms with E-state index < -0.39 is 17.4 Å². The maximum absolute atomic E-state index is 11.4. The zero-order valence-electron chi connectivity index (χ0n) is 10.3. The Hall–Kier alpha value is -2.18. The largest absolute Gasteiger partial charge is 0.481 e. The molecule has 0 spiro atoms. The summed E-state index contributed by atoms with van der Waals surface area (Å²) in [6.45, 7) is 3.37. The van der Waals surface area contributed by atoms with Gasteiger partial charge in [0, 0.05) is 12.7 Å². The van der Waals surface area contributed by atoms with Gasteiger partial charge in [0.1, 0.15) is 0 Å². The molecule has 3 N–H and O–H groups in total. The first-order valence-electron chi connectivity index (χ1n) is 5.43. The van der Waals surface area contributed by atoms with Gasteiger partial charge in [-0.05, 0) is 26.0 Å². The topological polar surface area (TPSA) is 104 Å². The maximum Gasteiger partial charge on any atom is 0.315 e. The molecular weight excluding hydrogens is 236 g/mol. The van der Waals surface area contributed by atoms with Gasteiger partial charge in [-0.15, -0.1) is 0 Å². The molecule has 1 heterocycles. The quantitative estimate of drug-likeness (QED) is 0.703. The van der Waals surface area contributed by atoms with E-state index in [-0.39, 0.29) is 13.1 Å². The number of nitrogens with one attached hydrogen (secondary N) is 2. The monoisotopic (exact) mass is 252 g/mol. The number of nitrogens with zero attached hydrogens (tertiary/aromatic N) is 2. The van der Waals surface area contributed by atoms with Crippen LogP contribution in [0.15, 0.2) is 18.3 Å². The van der Waals surface area contributed by atoms with E-state index in [9.17, 15) is 9.59 Å². The van der Waals surface area contributed by atoms with Crippen molar-refractivity contribution in [3.63, 3.8) is 0 Å². The number of aromatic nitrogens is 2. The summed E-state index contributed by atoms with van der Waals surface area (Å²) < 4.78 is 0. The first kappa shape index (κ1) is 13.9. The number of hydrogen-bond acceptors (Lipinski definition) is 4. The molecule has 0 saturated heterocycles. The van der Waals surface area contributed by atoms with Crippen molar-refractivity contribution in [2.24, 2.45) is 5.41 Å². The van der Waals surface area contributed by atoms with Gasteiger partial charge in [0.25, 0.3) is 0 Å². The van der Waals surface area contributed by atoms with E-state index in [1.54, 1.807) is 18.3 Å². The maximum atomic E-state index is 11.4. The summed E-state index contributed by atoms with van der Waals surface area (Å²) in [6.07, 6.45) is 1.54. The molecule has 0 unspecified atom stereocenters. The highest BCUT2D eigenvalue weighted by atomic mass is 16.4. The summed E-state index contributed by atoms with van der Waals surface area (Å²) in [5.41, 5.74) is -0.366. The van der Waals surface area contributed by atoms with Crippen LogP contribution in [0.1, 0.15) is 19.5 Å². The Kier molecular flexibility index (Phi) is 4.59. The normalized spacial score (nSPS) is 10.8. The van der Waals surface area contributed by atoms with Crippen LogP contribution in [0.5, 0.6) is 0 Å². The molecular formula is C11H16N4O3. The molecule has 0 aliphatic rings. The second-order valence-electron chi connectivity index (χ2n) is 4.44. The van der Waals surface area contributed by atoms with Crippen molar-refractivity contribution in [3.05, 3.63) is 24.0 Å². The minimum absolute atomic E-state index is 0.0502. The number of rotatable bonds is 5.